The van der Waals surface area contributed by atoms with Gasteiger partial charge in [-0.15, -0.1) is 22.7 Å². The molecule has 0 saturated carbocycles. The maximum absolute atomic E-state index is 2.46. The van der Waals surface area contributed by atoms with Crippen LogP contribution in [0.2, 0.25) is 0 Å². The number of rotatable bonds is 4. The second kappa shape index (κ2) is 11.1. The van der Waals surface area contributed by atoms with Crippen LogP contribution in [-0.4, -0.2) is 0 Å². The van der Waals surface area contributed by atoms with Crippen molar-refractivity contribution in [1.29, 1.82) is 0 Å². The molecule has 2 heterocycles. The molecule has 0 bridgehead atoms. The molecule has 1 aliphatic rings. The summed E-state index contributed by atoms with van der Waals surface area (Å²) in [4.78, 5) is 2.46. The molecular formula is C49H33NS2. The summed E-state index contributed by atoms with van der Waals surface area (Å²) in [5.74, 6) is 0. The molecule has 0 saturated heterocycles. The maximum atomic E-state index is 2.46. The maximum Gasteiger partial charge on any atom is 0.0540 e. The third-order valence-electron chi connectivity index (χ3n) is 11.3. The lowest BCUT2D eigenvalue weighted by atomic mass is 9.82. The number of fused-ring (bicyclic) bond motifs is 11. The van der Waals surface area contributed by atoms with Crippen molar-refractivity contribution in [2.45, 2.75) is 19.3 Å². The van der Waals surface area contributed by atoms with Gasteiger partial charge in [0.1, 0.15) is 0 Å². The van der Waals surface area contributed by atoms with Gasteiger partial charge in [0.25, 0.3) is 0 Å². The van der Waals surface area contributed by atoms with E-state index >= 15 is 0 Å². The molecule has 0 aliphatic heterocycles. The van der Waals surface area contributed by atoms with Gasteiger partial charge < -0.3 is 4.90 Å². The molecular weight excluding hydrogens is 667 g/mol. The van der Waals surface area contributed by atoms with Crippen LogP contribution in [-0.2, 0) is 5.41 Å². The number of benzene rings is 8. The van der Waals surface area contributed by atoms with E-state index < -0.39 is 0 Å². The summed E-state index contributed by atoms with van der Waals surface area (Å²) in [7, 11) is 0. The Morgan fingerprint density at radius 1 is 0.442 bits per heavy atom. The third-order valence-corrected chi connectivity index (χ3v) is 13.7. The van der Waals surface area contributed by atoms with Crippen molar-refractivity contribution in [1.82, 2.24) is 0 Å². The Hall–Kier alpha value is -5.74. The molecule has 2 aromatic heterocycles. The van der Waals surface area contributed by atoms with Crippen LogP contribution in [0.15, 0.2) is 164 Å². The highest BCUT2D eigenvalue weighted by Crippen LogP contribution is 2.55. The highest BCUT2D eigenvalue weighted by molar-refractivity contribution is 7.26. The van der Waals surface area contributed by atoms with E-state index in [1.807, 2.05) is 22.7 Å². The zero-order chi connectivity index (χ0) is 34.6. The molecule has 0 spiro atoms. The van der Waals surface area contributed by atoms with Crippen LogP contribution in [0.5, 0.6) is 0 Å². The lowest BCUT2D eigenvalue weighted by Crippen LogP contribution is -2.15. The normalized spacial score (nSPS) is 13.3. The van der Waals surface area contributed by atoms with Crippen molar-refractivity contribution in [3.8, 4) is 22.3 Å². The van der Waals surface area contributed by atoms with Crippen LogP contribution in [0.25, 0.3) is 73.4 Å². The fourth-order valence-corrected chi connectivity index (χ4v) is 11.2. The molecule has 0 fully saturated rings. The molecule has 1 aliphatic carbocycles. The summed E-state index contributed by atoms with van der Waals surface area (Å²) in [6, 6.07) is 60.9. The smallest absolute Gasteiger partial charge is 0.0540 e. The Morgan fingerprint density at radius 2 is 1.04 bits per heavy atom. The first-order valence-electron chi connectivity index (χ1n) is 17.9. The molecule has 246 valence electrons. The Balaban J connectivity index is 1.11. The number of hydrogen-bond donors (Lipinski definition) is 0. The molecule has 0 atom stereocenters. The predicted molar refractivity (Wildman–Crippen MR) is 227 cm³/mol. The van der Waals surface area contributed by atoms with Crippen LogP contribution in [0.4, 0.5) is 17.1 Å². The largest absolute Gasteiger partial charge is 0.310 e. The van der Waals surface area contributed by atoms with Gasteiger partial charge in [-0.2, -0.15) is 0 Å². The fourth-order valence-electron chi connectivity index (χ4n) is 8.74. The Labute approximate surface area is 310 Å². The number of thiophene rings is 2. The molecule has 11 rings (SSSR count). The van der Waals surface area contributed by atoms with Crippen molar-refractivity contribution in [2.24, 2.45) is 0 Å². The van der Waals surface area contributed by atoms with Gasteiger partial charge in [0.2, 0.25) is 0 Å². The van der Waals surface area contributed by atoms with Gasteiger partial charge in [0.05, 0.1) is 5.69 Å². The summed E-state index contributed by atoms with van der Waals surface area (Å²) in [6.07, 6.45) is 0. The number of nitrogens with zero attached hydrogens (tertiary/aromatic N) is 1. The first-order valence-corrected chi connectivity index (χ1v) is 19.6. The molecule has 0 N–H and O–H groups in total. The average Bonchev–Trinajstić information content (AvgIpc) is 3.83. The zero-order valence-corrected chi connectivity index (χ0v) is 30.5. The lowest BCUT2D eigenvalue weighted by molar-refractivity contribution is 0.661. The van der Waals surface area contributed by atoms with Crippen molar-refractivity contribution in [2.75, 3.05) is 4.90 Å². The minimum atomic E-state index is -0.0902. The summed E-state index contributed by atoms with van der Waals surface area (Å²) < 4.78 is 5.41. The average molecular weight is 700 g/mol. The van der Waals surface area contributed by atoms with E-state index in [2.05, 4.69) is 183 Å². The Morgan fingerprint density at radius 3 is 1.83 bits per heavy atom. The quantitative estimate of drug-likeness (QED) is 0.177. The summed E-state index contributed by atoms with van der Waals surface area (Å²) in [5.41, 5.74) is 11.4. The monoisotopic (exact) mass is 699 g/mol. The predicted octanol–water partition coefficient (Wildman–Crippen LogP) is 15.0. The van der Waals surface area contributed by atoms with E-state index in [0.717, 1.165) is 11.4 Å². The van der Waals surface area contributed by atoms with Crippen molar-refractivity contribution < 1.29 is 0 Å². The second-order valence-electron chi connectivity index (χ2n) is 14.5. The van der Waals surface area contributed by atoms with Gasteiger partial charge in [-0.3, -0.25) is 0 Å². The van der Waals surface area contributed by atoms with Crippen LogP contribution in [0.3, 0.4) is 0 Å². The topological polar surface area (TPSA) is 3.24 Å². The zero-order valence-electron chi connectivity index (χ0n) is 28.9. The molecule has 52 heavy (non-hydrogen) atoms. The summed E-state index contributed by atoms with van der Waals surface area (Å²) in [6.45, 7) is 4.77. The van der Waals surface area contributed by atoms with E-state index in [9.17, 15) is 0 Å². The van der Waals surface area contributed by atoms with E-state index in [1.165, 1.54) is 90.2 Å². The van der Waals surface area contributed by atoms with E-state index in [4.69, 9.17) is 0 Å². The van der Waals surface area contributed by atoms with Gasteiger partial charge in [-0.1, -0.05) is 135 Å². The van der Waals surface area contributed by atoms with E-state index in [-0.39, 0.29) is 5.41 Å². The highest BCUT2D eigenvalue weighted by Gasteiger charge is 2.37. The first-order chi connectivity index (χ1) is 25.5. The first kappa shape index (κ1) is 29.9. The molecule has 0 radical (unpaired) electrons. The van der Waals surface area contributed by atoms with Gasteiger partial charge in [0, 0.05) is 68.1 Å². The molecule has 10 aromatic rings. The van der Waals surface area contributed by atoms with Crippen molar-refractivity contribution in [3.05, 3.63) is 175 Å². The number of anilines is 3. The van der Waals surface area contributed by atoms with Crippen LogP contribution in [0.1, 0.15) is 25.0 Å². The Kier molecular flexibility index (Phi) is 6.41. The Bertz CT molecular complexity index is 3050. The number of hydrogen-bond acceptors (Lipinski definition) is 3. The van der Waals surface area contributed by atoms with Crippen LogP contribution >= 0.6 is 22.7 Å². The second-order valence-corrected chi connectivity index (χ2v) is 16.6. The minimum Gasteiger partial charge on any atom is -0.310 e. The SMILES string of the molecule is CC1(C)c2ccc(N(c3ccc(-c4cccc5c4sc4ccccc45)cc3)c3cccc4ccccc34)cc2-c2c1ccc1c2sc2ccccc21. The highest BCUT2D eigenvalue weighted by atomic mass is 32.1. The van der Waals surface area contributed by atoms with Gasteiger partial charge in [-0.05, 0) is 75.7 Å². The van der Waals surface area contributed by atoms with Gasteiger partial charge >= 0.3 is 0 Å². The fraction of sp³-hybridized carbons (Fsp3) is 0.0612. The van der Waals surface area contributed by atoms with Crippen molar-refractivity contribution in [3.63, 3.8) is 0 Å². The molecule has 0 amide bonds. The van der Waals surface area contributed by atoms with E-state index in [1.54, 1.807) is 0 Å². The third kappa shape index (κ3) is 4.27. The summed E-state index contributed by atoms with van der Waals surface area (Å²) >= 11 is 3.82. The summed E-state index contributed by atoms with van der Waals surface area (Å²) in [5, 5.41) is 7.82. The van der Waals surface area contributed by atoms with Crippen LogP contribution in [0, 0.1) is 0 Å². The van der Waals surface area contributed by atoms with Gasteiger partial charge in [0.15, 0.2) is 0 Å². The van der Waals surface area contributed by atoms with Crippen molar-refractivity contribution >= 4 is 90.9 Å². The molecule has 1 nitrogen and oxygen atoms in total. The minimum absolute atomic E-state index is 0.0902. The lowest BCUT2D eigenvalue weighted by Gasteiger charge is -2.28. The van der Waals surface area contributed by atoms with E-state index in [0.29, 0.717) is 0 Å². The molecule has 8 aromatic carbocycles. The van der Waals surface area contributed by atoms with Gasteiger partial charge in [-0.25, -0.2) is 0 Å². The standard InChI is InChI=1S/C49H33NS2/c1-49(2)41-27-25-33(29-40(41)46-42(49)28-26-39-37-15-6-8-20-45(37)52-48(39)46)50(43-18-9-12-30-11-3-4-13-34(30)43)32-23-21-31(22-24-32)35-16-10-17-38-36-14-5-7-19-44(36)51-47(35)38/h3-29H,1-2H3. The molecule has 3 heteroatoms. The van der Waals surface area contributed by atoms with Crippen LogP contribution < -0.4 is 4.90 Å². The molecule has 0 unspecified atom stereocenters.